The minimum absolute atomic E-state index is 0.174. The maximum atomic E-state index is 11.9. The van der Waals surface area contributed by atoms with Gasteiger partial charge < -0.3 is 16.0 Å². The lowest BCUT2D eigenvalue weighted by atomic mass is 10.2. The van der Waals surface area contributed by atoms with Gasteiger partial charge in [-0.25, -0.2) is 0 Å². The Kier molecular flexibility index (Phi) is 7.35. The van der Waals surface area contributed by atoms with Gasteiger partial charge in [0.05, 0.1) is 0 Å². The lowest BCUT2D eigenvalue weighted by Crippen LogP contribution is -2.46. The first-order valence-electron chi connectivity index (χ1n) is 6.99. The van der Waals surface area contributed by atoms with Gasteiger partial charge in [0.25, 0.3) is 5.91 Å². The fraction of sp³-hybridized carbons (Fsp3) is 0.467. The molecule has 2 amide bonds. The molecule has 1 aromatic rings. The zero-order chi connectivity index (χ0) is 14.8. The van der Waals surface area contributed by atoms with Gasteiger partial charge in [0.1, 0.15) is 6.04 Å². The minimum Gasteiger partial charge on any atom is -0.353 e. The molecular formula is C15H23N3O2. The first-order chi connectivity index (χ1) is 9.65. The van der Waals surface area contributed by atoms with Crippen LogP contribution in [0.1, 0.15) is 30.6 Å². The second-order valence-corrected chi connectivity index (χ2v) is 4.60. The van der Waals surface area contributed by atoms with E-state index >= 15 is 0 Å². The van der Waals surface area contributed by atoms with Gasteiger partial charge in [0.2, 0.25) is 5.91 Å². The molecule has 5 nitrogen and oxygen atoms in total. The summed E-state index contributed by atoms with van der Waals surface area (Å²) < 4.78 is 0. The minimum atomic E-state index is -0.547. The number of hydrogen-bond acceptors (Lipinski definition) is 3. The molecule has 1 atom stereocenters. The Hall–Kier alpha value is -1.88. The molecule has 3 N–H and O–H groups in total. The van der Waals surface area contributed by atoms with E-state index in [0.717, 1.165) is 19.5 Å². The molecule has 0 fully saturated rings. The first-order valence-corrected chi connectivity index (χ1v) is 6.99. The second kappa shape index (κ2) is 9.09. The van der Waals surface area contributed by atoms with Gasteiger partial charge in [-0.3, -0.25) is 9.59 Å². The molecule has 5 heteroatoms. The van der Waals surface area contributed by atoms with Gasteiger partial charge in [-0.2, -0.15) is 0 Å². The Morgan fingerprint density at radius 2 is 1.80 bits per heavy atom. The van der Waals surface area contributed by atoms with E-state index in [2.05, 4.69) is 22.9 Å². The zero-order valence-electron chi connectivity index (χ0n) is 12.1. The molecule has 0 bridgehead atoms. The van der Waals surface area contributed by atoms with Gasteiger partial charge in [0.15, 0.2) is 0 Å². The van der Waals surface area contributed by atoms with Crippen LogP contribution >= 0.6 is 0 Å². The molecule has 1 aromatic carbocycles. The SMILES string of the molecule is CCCNCCNC(=O)C(C)NC(=O)c1ccccc1. The average molecular weight is 277 g/mol. The van der Waals surface area contributed by atoms with Crippen LogP contribution in [0.15, 0.2) is 30.3 Å². The Labute approximate surface area is 120 Å². The highest BCUT2D eigenvalue weighted by Gasteiger charge is 2.15. The highest BCUT2D eigenvalue weighted by Crippen LogP contribution is 1.98. The van der Waals surface area contributed by atoms with Crippen molar-refractivity contribution in [3.8, 4) is 0 Å². The van der Waals surface area contributed by atoms with Crippen LogP contribution < -0.4 is 16.0 Å². The van der Waals surface area contributed by atoms with E-state index in [0.29, 0.717) is 12.1 Å². The molecule has 0 saturated heterocycles. The summed E-state index contributed by atoms with van der Waals surface area (Å²) in [5.41, 5.74) is 0.553. The Bertz CT molecular complexity index is 420. The Morgan fingerprint density at radius 3 is 2.45 bits per heavy atom. The van der Waals surface area contributed by atoms with Crippen LogP contribution in [0.25, 0.3) is 0 Å². The fourth-order valence-corrected chi connectivity index (χ4v) is 1.66. The van der Waals surface area contributed by atoms with Crippen molar-refractivity contribution in [2.24, 2.45) is 0 Å². The topological polar surface area (TPSA) is 70.2 Å². The van der Waals surface area contributed by atoms with Gasteiger partial charge in [-0.1, -0.05) is 25.1 Å². The van der Waals surface area contributed by atoms with E-state index in [-0.39, 0.29) is 11.8 Å². The molecule has 0 heterocycles. The Balaban J connectivity index is 2.29. The highest BCUT2D eigenvalue weighted by molar-refractivity contribution is 5.97. The van der Waals surface area contributed by atoms with Crippen LogP contribution in [0, 0.1) is 0 Å². The molecule has 0 aliphatic rings. The maximum absolute atomic E-state index is 11.9. The third-order valence-electron chi connectivity index (χ3n) is 2.80. The van der Waals surface area contributed by atoms with Gasteiger partial charge in [-0.15, -0.1) is 0 Å². The number of nitrogens with one attached hydrogen (secondary N) is 3. The van der Waals surface area contributed by atoms with Crippen LogP contribution in [-0.4, -0.2) is 37.5 Å². The summed E-state index contributed by atoms with van der Waals surface area (Å²) in [6.07, 6.45) is 1.07. The third-order valence-corrected chi connectivity index (χ3v) is 2.80. The van der Waals surface area contributed by atoms with Crippen LogP contribution in [0.5, 0.6) is 0 Å². The highest BCUT2D eigenvalue weighted by atomic mass is 16.2. The lowest BCUT2D eigenvalue weighted by Gasteiger charge is -2.14. The molecule has 0 spiro atoms. The molecule has 1 unspecified atom stereocenters. The summed E-state index contributed by atoms with van der Waals surface area (Å²) >= 11 is 0. The van der Waals surface area contributed by atoms with Crippen LogP contribution in [0.2, 0.25) is 0 Å². The molecule has 0 aliphatic heterocycles. The van der Waals surface area contributed by atoms with Gasteiger partial charge in [-0.05, 0) is 32.0 Å². The summed E-state index contributed by atoms with van der Waals surface area (Å²) in [6.45, 7) is 6.00. The van der Waals surface area contributed by atoms with E-state index in [1.165, 1.54) is 0 Å². The molecular weight excluding hydrogens is 254 g/mol. The maximum Gasteiger partial charge on any atom is 0.251 e. The van der Waals surface area contributed by atoms with Crippen molar-refractivity contribution in [1.29, 1.82) is 0 Å². The summed E-state index contributed by atoms with van der Waals surface area (Å²) in [4.78, 5) is 23.7. The molecule has 20 heavy (non-hydrogen) atoms. The van der Waals surface area contributed by atoms with Gasteiger partial charge >= 0.3 is 0 Å². The average Bonchev–Trinajstić information content (AvgIpc) is 2.47. The predicted octanol–water partition coefficient (Wildman–Crippen LogP) is 0.921. The lowest BCUT2D eigenvalue weighted by molar-refractivity contribution is -0.122. The normalized spacial score (nSPS) is 11.7. The summed E-state index contributed by atoms with van der Waals surface area (Å²) in [5, 5.41) is 8.65. The summed E-state index contributed by atoms with van der Waals surface area (Å²) in [7, 11) is 0. The van der Waals surface area contributed by atoms with Crippen molar-refractivity contribution < 1.29 is 9.59 Å². The van der Waals surface area contributed by atoms with Crippen molar-refractivity contribution in [2.45, 2.75) is 26.3 Å². The number of amides is 2. The first kappa shape index (κ1) is 16.2. The monoisotopic (exact) mass is 277 g/mol. The number of carbonyl (C=O) groups is 2. The number of carbonyl (C=O) groups excluding carboxylic acids is 2. The molecule has 0 aromatic heterocycles. The van der Waals surface area contributed by atoms with Crippen LogP contribution in [0.4, 0.5) is 0 Å². The van der Waals surface area contributed by atoms with Crippen molar-refractivity contribution in [1.82, 2.24) is 16.0 Å². The fourth-order valence-electron chi connectivity index (χ4n) is 1.66. The quantitative estimate of drug-likeness (QED) is 0.619. The van der Waals surface area contributed by atoms with E-state index in [9.17, 15) is 9.59 Å². The largest absolute Gasteiger partial charge is 0.353 e. The third kappa shape index (κ3) is 5.84. The number of benzene rings is 1. The number of hydrogen-bond donors (Lipinski definition) is 3. The summed E-state index contributed by atoms with van der Waals surface area (Å²) in [5.74, 6) is -0.412. The summed E-state index contributed by atoms with van der Waals surface area (Å²) in [6, 6.07) is 8.31. The molecule has 0 saturated carbocycles. The van der Waals surface area contributed by atoms with E-state index in [1.54, 1.807) is 31.2 Å². The standard InChI is InChI=1S/C15H23N3O2/c1-3-9-16-10-11-17-14(19)12(2)18-15(20)13-7-5-4-6-8-13/h4-8,12,16H,3,9-11H2,1-2H3,(H,17,19)(H,18,20). The van der Waals surface area contributed by atoms with Crippen molar-refractivity contribution in [3.63, 3.8) is 0 Å². The van der Waals surface area contributed by atoms with Crippen molar-refractivity contribution >= 4 is 11.8 Å². The zero-order valence-corrected chi connectivity index (χ0v) is 12.1. The predicted molar refractivity (Wildman–Crippen MR) is 79.5 cm³/mol. The van der Waals surface area contributed by atoms with Gasteiger partial charge in [0, 0.05) is 18.7 Å². The smallest absolute Gasteiger partial charge is 0.251 e. The van der Waals surface area contributed by atoms with E-state index < -0.39 is 6.04 Å². The van der Waals surface area contributed by atoms with Crippen molar-refractivity contribution in [3.05, 3.63) is 35.9 Å². The second-order valence-electron chi connectivity index (χ2n) is 4.60. The molecule has 0 aliphatic carbocycles. The van der Waals surface area contributed by atoms with Crippen LogP contribution in [0.3, 0.4) is 0 Å². The Morgan fingerprint density at radius 1 is 1.10 bits per heavy atom. The number of rotatable bonds is 8. The molecule has 1 rings (SSSR count). The van der Waals surface area contributed by atoms with E-state index in [4.69, 9.17) is 0 Å². The molecule has 110 valence electrons. The van der Waals surface area contributed by atoms with Crippen LogP contribution in [-0.2, 0) is 4.79 Å². The van der Waals surface area contributed by atoms with Crippen molar-refractivity contribution in [2.75, 3.05) is 19.6 Å². The van der Waals surface area contributed by atoms with E-state index in [1.807, 2.05) is 6.07 Å². The molecule has 0 radical (unpaired) electrons.